The molecule has 0 aliphatic rings. The van der Waals surface area contributed by atoms with Crippen molar-refractivity contribution in [1.29, 1.82) is 0 Å². The second-order valence-corrected chi connectivity index (χ2v) is 6.57. The number of nitrogens with one attached hydrogen (secondary N) is 1. The van der Waals surface area contributed by atoms with Gasteiger partial charge < -0.3 is 5.32 Å². The van der Waals surface area contributed by atoms with Gasteiger partial charge in [0.25, 0.3) is 0 Å². The van der Waals surface area contributed by atoms with Crippen LogP contribution in [0.2, 0.25) is 0 Å². The second-order valence-electron chi connectivity index (χ2n) is 5.09. The van der Waals surface area contributed by atoms with Crippen LogP contribution in [0.15, 0.2) is 0 Å². The summed E-state index contributed by atoms with van der Waals surface area (Å²) >= 11 is 2.12. The Morgan fingerprint density at radius 2 is 1.65 bits per heavy atom. The second kappa shape index (κ2) is 12.8. The first-order valence-electron chi connectivity index (χ1n) is 7.53. The summed E-state index contributed by atoms with van der Waals surface area (Å²) in [6.07, 6.45) is 11.1. The lowest BCUT2D eigenvalue weighted by Gasteiger charge is -2.17. The predicted octanol–water partition coefficient (Wildman–Crippen LogP) is 4.86. The third-order valence-corrected chi connectivity index (χ3v) is 4.97. The largest absolute Gasteiger partial charge is 0.316 e. The third kappa shape index (κ3) is 11.1. The quantitative estimate of drug-likeness (QED) is 0.502. The van der Waals surface area contributed by atoms with Crippen molar-refractivity contribution in [3.8, 4) is 0 Å². The van der Waals surface area contributed by atoms with Crippen LogP contribution in [-0.4, -0.2) is 24.1 Å². The SMILES string of the molecule is CCCCCCCCC(CSC(C)CC)NC. The molecule has 0 aliphatic heterocycles. The fraction of sp³-hybridized carbons (Fsp3) is 1.00. The molecule has 0 bridgehead atoms. The summed E-state index contributed by atoms with van der Waals surface area (Å²) in [4.78, 5) is 0. The smallest absolute Gasteiger partial charge is 0.0155 e. The molecule has 0 amide bonds. The lowest BCUT2D eigenvalue weighted by atomic mass is 10.1. The summed E-state index contributed by atoms with van der Waals surface area (Å²) in [6.45, 7) is 6.89. The summed E-state index contributed by atoms with van der Waals surface area (Å²) in [5.74, 6) is 1.28. The molecule has 0 aromatic carbocycles. The third-order valence-electron chi connectivity index (χ3n) is 3.47. The van der Waals surface area contributed by atoms with Crippen LogP contribution in [0.1, 0.15) is 72.1 Å². The van der Waals surface area contributed by atoms with Gasteiger partial charge in [-0.05, 0) is 19.9 Å². The molecule has 17 heavy (non-hydrogen) atoms. The van der Waals surface area contributed by atoms with Crippen molar-refractivity contribution in [3.05, 3.63) is 0 Å². The lowest BCUT2D eigenvalue weighted by molar-refractivity contribution is 0.513. The van der Waals surface area contributed by atoms with Crippen LogP contribution in [0.3, 0.4) is 0 Å². The van der Waals surface area contributed by atoms with Crippen LogP contribution in [0, 0.1) is 0 Å². The molecule has 0 aromatic heterocycles. The van der Waals surface area contributed by atoms with Gasteiger partial charge in [-0.2, -0.15) is 11.8 Å². The number of hydrogen-bond acceptors (Lipinski definition) is 2. The van der Waals surface area contributed by atoms with E-state index in [4.69, 9.17) is 0 Å². The molecule has 2 heteroatoms. The summed E-state index contributed by atoms with van der Waals surface area (Å²) < 4.78 is 0. The molecule has 0 aliphatic carbocycles. The molecule has 0 spiro atoms. The Morgan fingerprint density at radius 1 is 1.00 bits per heavy atom. The number of rotatable bonds is 12. The zero-order valence-electron chi connectivity index (χ0n) is 12.4. The molecule has 1 N–H and O–H groups in total. The number of thioether (sulfide) groups is 1. The number of hydrogen-bond donors (Lipinski definition) is 1. The molecule has 2 unspecified atom stereocenters. The van der Waals surface area contributed by atoms with Gasteiger partial charge in [-0.15, -0.1) is 0 Å². The molecule has 104 valence electrons. The van der Waals surface area contributed by atoms with Crippen LogP contribution < -0.4 is 5.32 Å². The predicted molar refractivity (Wildman–Crippen MR) is 83.1 cm³/mol. The lowest BCUT2D eigenvalue weighted by Crippen LogP contribution is -2.28. The Morgan fingerprint density at radius 3 is 2.24 bits per heavy atom. The van der Waals surface area contributed by atoms with Gasteiger partial charge in [0.15, 0.2) is 0 Å². The minimum Gasteiger partial charge on any atom is -0.316 e. The van der Waals surface area contributed by atoms with E-state index in [2.05, 4.69) is 44.9 Å². The average molecular weight is 260 g/mol. The van der Waals surface area contributed by atoms with E-state index in [0.717, 1.165) is 11.3 Å². The maximum absolute atomic E-state index is 3.46. The molecule has 0 radical (unpaired) electrons. The van der Waals surface area contributed by atoms with Crippen LogP contribution in [0.5, 0.6) is 0 Å². The molecule has 0 saturated heterocycles. The van der Waals surface area contributed by atoms with Crippen LogP contribution in [-0.2, 0) is 0 Å². The van der Waals surface area contributed by atoms with Gasteiger partial charge in [-0.3, -0.25) is 0 Å². The Labute approximate surface area is 114 Å². The fourth-order valence-electron chi connectivity index (χ4n) is 1.88. The van der Waals surface area contributed by atoms with Crippen LogP contribution in [0.4, 0.5) is 0 Å². The average Bonchev–Trinajstić information content (AvgIpc) is 2.36. The van der Waals surface area contributed by atoms with E-state index in [1.165, 1.54) is 57.1 Å². The van der Waals surface area contributed by atoms with E-state index in [1.54, 1.807) is 0 Å². The van der Waals surface area contributed by atoms with E-state index in [-0.39, 0.29) is 0 Å². The Hall–Kier alpha value is 0.310. The van der Waals surface area contributed by atoms with Crippen molar-refractivity contribution >= 4 is 11.8 Å². The molecule has 0 fully saturated rings. The Bertz CT molecular complexity index is 150. The molecular formula is C15H33NS. The van der Waals surface area contributed by atoms with Crippen LogP contribution >= 0.6 is 11.8 Å². The van der Waals surface area contributed by atoms with Gasteiger partial charge >= 0.3 is 0 Å². The monoisotopic (exact) mass is 259 g/mol. The van der Waals surface area contributed by atoms with Crippen molar-refractivity contribution in [3.63, 3.8) is 0 Å². The van der Waals surface area contributed by atoms with E-state index in [0.29, 0.717) is 0 Å². The Kier molecular flexibility index (Phi) is 13.0. The van der Waals surface area contributed by atoms with Crippen molar-refractivity contribution in [1.82, 2.24) is 5.32 Å². The van der Waals surface area contributed by atoms with Gasteiger partial charge in [0.05, 0.1) is 0 Å². The van der Waals surface area contributed by atoms with E-state index in [1.807, 2.05) is 0 Å². The highest BCUT2D eigenvalue weighted by Crippen LogP contribution is 2.17. The van der Waals surface area contributed by atoms with Crippen molar-refractivity contribution in [2.75, 3.05) is 12.8 Å². The number of unbranched alkanes of at least 4 members (excludes halogenated alkanes) is 5. The van der Waals surface area contributed by atoms with Gasteiger partial charge in [-0.25, -0.2) is 0 Å². The Balaban J connectivity index is 3.41. The van der Waals surface area contributed by atoms with E-state index >= 15 is 0 Å². The molecule has 1 nitrogen and oxygen atoms in total. The van der Waals surface area contributed by atoms with E-state index < -0.39 is 0 Å². The maximum Gasteiger partial charge on any atom is 0.0155 e. The summed E-state index contributed by atoms with van der Waals surface area (Å²) in [5, 5.41) is 4.28. The topological polar surface area (TPSA) is 12.0 Å². The zero-order chi connectivity index (χ0) is 12.9. The normalized spacial score (nSPS) is 14.8. The first kappa shape index (κ1) is 17.3. The fourth-order valence-corrected chi connectivity index (χ4v) is 3.01. The van der Waals surface area contributed by atoms with Crippen molar-refractivity contribution in [2.45, 2.75) is 83.4 Å². The highest BCUT2D eigenvalue weighted by molar-refractivity contribution is 7.99. The maximum atomic E-state index is 3.46. The van der Waals surface area contributed by atoms with Gasteiger partial charge in [0.1, 0.15) is 0 Å². The van der Waals surface area contributed by atoms with Gasteiger partial charge in [0, 0.05) is 17.0 Å². The summed E-state index contributed by atoms with van der Waals surface area (Å²) in [6, 6.07) is 0.722. The zero-order valence-corrected chi connectivity index (χ0v) is 13.2. The molecule has 0 rings (SSSR count). The molecular weight excluding hydrogens is 226 g/mol. The van der Waals surface area contributed by atoms with Gasteiger partial charge in [-0.1, -0.05) is 59.3 Å². The molecule has 0 saturated carbocycles. The van der Waals surface area contributed by atoms with Gasteiger partial charge in [0.2, 0.25) is 0 Å². The van der Waals surface area contributed by atoms with Crippen molar-refractivity contribution in [2.24, 2.45) is 0 Å². The van der Waals surface area contributed by atoms with Crippen LogP contribution in [0.25, 0.3) is 0 Å². The summed E-state index contributed by atoms with van der Waals surface area (Å²) in [7, 11) is 2.11. The first-order chi connectivity index (χ1) is 8.24. The minimum atomic E-state index is 0.722. The molecule has 2 atom stereocenters. The van der Waals surface area contributed by atoms with Crippen molar-refractivity contribution < 1.29 is 0 Å². The van der Waals surface area contributed by atoms with E-state index in [9.17, 15) is 0 Å². The molecule has 0 aromatic rings. The minimum absolute atomic E-state index is 0.722. The summed E-state index contributed by atoms with van der Waals surface area (Å²) in [5.41, 5.74) is 0. The standard InChI is InChI=1S/C15H33NS/c1-5-7-8-9-10-11-12-15(16-4)13-17-14(3)6-2/h14-16H,5-13H2,1-4H3. The first-order valence-corrected chi connectivity index (χ1v) is 8.58. The highest BCUT2D eigenvalue weighted by atomic mass is 32.2. The highest BCUT2D eigenvalue weighted by Gasteiger charge is 2.08. The molecule has 0 heterocycles.